The maximum absolute atomic E-state index is 4.45. The predicted octanol–water partition coefficient (Wildman–Crippen LogP) is 3.40. The Kier molecular flexibility index (Phi) is 4.70. The normalized spacial score (nSPS) is 20.6. The molecule has 0 bridgehead atoms. The van der Waals surface area contributed by atoms with Crippen LogP contribution in [0, 0.1) is 12.8 Å². The Labute approximate surface area is 110 Å². The SMILES string of the molecule is Cc1nccnc1C(C)N[C@H](C)C1CCCCC1. The molecule has 0 spiro atoms. The lowest BCUT2D eigenvalue weighted by molar-refractivity contribution is 0.267. The molecule has 100 valence electrons. The molecule has 3 heteroatoms. The standard InChI is InChI=1S/C15H25N3/c1-11(14-7-5-4-6-8-14)18-13(3)15-12(2)16-9-10-17-15/h9-11,13-14,18H,4-8H2,1-3H3/t11-,13?/m1/s1. The molecule has 1 aliphatic carbocycles. The lowest BCUT2D eigenvalue weighted by atomic mass is 9.84. The van der Waals surface area contributed by atoms with E-state index in [2.05, 4.69) is 29.1 Å². The fraction of sp³-hybridized carbons (Fsp3) is 0.733. The summed E-state index contributed by atoms with van der Waals surface area (Å²) >= 11 is 0. The molecule has 0 aliphatic heterocycles. The molecule has 2 atom stereocenters. The van der Waals surface area contributed by atoms with Crippen molar-refractivity contribution >= 4 is 0 Å². The van der Waals surface area contributed by atoms with Gasteiger partial charge in [0.2, 0.25) is 0 Å². The van der Waals surface area contributed by atoms with Crippen LogP contribution in [-0.4, -0.2) is 16.0 Å². The molecular weight excluding hydrogens is 222 g/mol. The van der Waals surface area contributed by atoms with E-state index in [1.807, 2.05) is 6.92 Å². The second-order valence-electron chi connectivity index (χ2n) is 5.60. The first-order valence-corrected chi connectivity index (χ1v) is 7.22. The number of hydrogen-bond donors (Lipinski definition) is 1. The third kappa shape index (κ3) is 3.29. The van der Waals surface area contributed by atoms with Gasteiger partial charge in [-0.25, -0.2) is 0 Å². The Morgan fingerprint density at radius 1 is 1.11 bits per heavy atom. The van der Waals surface area contributed by atoms with Crippen molar-refractivity contribution in [2.45, 2.75) is 65.0 Å². The monoisotopic (exact) mass is 247 g/mol. The van der Waals surface area contributed by atoms with Gasteiger partial charge in [-0.3, -0.25) is 9.97 Å². The van der Waals surface area contributed by atoms with E-state index in [-0.39, 0.29) is 6.04 Å². The molecule has 1 saturated carbocycles. The van der Waals surface area contributed by atoms with E-state index in [0.717, 1.165) is 17.3 Å². The summed E-state index contributed by atoms with van der Waals surface area (Å²) in [5.41, 5.74) is 2.12. The Morgan fingerprint density at radius 3 is 2.44 bits per heavy atom. The van der Waals surface area contributed by atoms with E-state index in [4.69, 9.17) is 0 Å². The summed E-state index contributed by atoms with van der Waals surface area (Å²) in [5, 5.41) is 3.70. The van der Waals surface area contributed by atoms with Crippen molar-refractivity contribution in [1.82, 2.24) is 15.3 Å². The highest BCUT2D eigenvalue weighted by Gasteiger charge is 2.22. The predicted molar refractivity (Wildman–Crippen MR) is 74.4 cm³/mol. The third-order valence-electron chi connectivity index (χ3n) is 4.20. The van der Waals surface area contributed by atoms with Crippen molar-refractivity contribution in [3.05, 3.63) is 23.8 Å². The molecule has 0 aromatic carbocycles. The number of aromatic nitrogens is 2. The van der Waals surface area contributed by atoms with Crippen LogP contribution in [0.25, 0.3) is 0 Å². The zero-order valence-corrected chi connectivity index (χ0v) is 11.8. The van der Waals surface area contributed by atoms with Crippen LogP contribution in [-0.2, 0) is 0 Å². The summed E-state index contributed by atoms with van der Waals surface area (Å²) < 4.78 is 0. The molecule has 0 radical (unpaired) electrons. The number of hydrogen-bond acceptors (Lipinski definition) is 3. The van der Waals surface area contributed by atoms with Gasteiger partial charge >= 0.3 is 0 Å². The van der Waals surface area contributed by atoms with Crippen LogP contribution in [0.3, 0.4) is 0 Å². The number of nitrogens with one attached hydrogen (secondary N) is 1. The van der Waals surface area contributed by atoms with Gasteiger partial charge in [0.05, 0.1) is 11.4 Å². The minimum Gasteiger partial charge on any atom is -0.306 e. The maximum Gasteiger partial charge on any atom is 0.0782 e. The van der Waals surface area contributed by atoms with Gasteiger partial charge in [-0.2, -0.15) is 0 Å². The molecule has 18 heavy (non-hydrogen) atoms. The Balaban J connectivity index is 1.94. The molecule has 1 fully saturated rings. The summed E-state index contributed by atoms with van der Waals surface area (Å²) in [6.07, 6.45) is 10.5. The Hall–Kier alpha value is -0.960. The molecule has 0 saturated heterocycles. The smallest absolute Gasteiger partial charge is 0.0782 e. The molecule has 1 aliphatic rings. The average molecular weight is 247 g/mol. The van der Waals surface area contributed by atoms with E-state index >= 15 is 0 Å². The Morgan fingerprint density at radius 2 is 1.78 bits per heavy atom. The molecule has 1 N–H and O–H groups in total. The molecule has 1 heterocycles. The van der Waals surface area contributed by atoms with E-state index in [1.165, 1.54) is 32.1 Å². The van der Waals surface area contributed by atoms with Crippen molar-refractivity contribution in [2.75, 3.05) is 0 Å². The van der Waals surface area contributed by atoms with Crippen LogP contribution in [0.5, 0.6) is 0 Å². The van der Waals surface area contributed by atoms with Gasteiger partial charge in [0.1, 0.15) is 0 Å². The first-order chi connectivity index (χ1) is 8.68. The number of nitrogens with zero attached hydrogens (tertiary/aromatic N) is 2. The molecule has 1 aromatic heterocycles. The van der Waals surface area contributed by atoms with E-state index < -0.39 is 0 Å². The maximum atomic E-state index is 4.45. The van der Waals surface area contributed by atoms with Gasteiger partial charge in [0.15, 0.2) is 0 Å². The van der Waals surface area contributed by atoms with Crippen molar-refractivity contribution in [1.29, 1.82) is 0 Å². The fourth-order valence-electron chi connectivity index (χ4n) is 3.09. The van der Waals surface area contributed by atoms with Gasteiger partial charge in [-0.05, 0) is 39.5 Å². The largest absolute Gasteiger partial charge is 0.306 e. The van der Waals surface area contributed by atoms with Crippen LogP contribution in [0.15, 0.2) is 12.4 Å². The van der Waals surface area contributed by atoms with Gasteiger partial charge < -0.3 is 5.32 Å². The quantitative estimate of drug-likeness (QED) is 0.886. The molecule has 0 amide bonds. The van der Waals surface area contributed by atoms with Crippen LogP contribution in [0.4, 0.5) is 0 Å². The summed E-state index contributed by atoms with van der Waals surface area (Å²) in [4.78, 5) is 8.77. The highest BCUT2D eigenvalue weighted by Crippen LogP contribution is 2.27. The molecule has 1 aromatic rings. The van der Waals surface area contributed by atoms with Gasteiger partial charge in [-0.1, -0.05) is 19.3 Å². The van der Waals surface area contributed by atoms with Crippen molar-refractivity contribution in [2.24, 2.45) is 5.92 Å². The fourth-order valence-corrected chi connectivity index (χ4v) is 3.09. The minimum atomic E-state index is 0.288. The molecular formula is C15H25N3. The van der Waals surface area contributed by atoms with Crippen molar-refractivity contribution < 1.29 is 0 Å². The number of rotatable bonds is 4. The van der Waals surface area contributed by atoms with Gasteiger partial charge in [0, 0.05) is 24.5 Å². The average Bonchev–Trinajstić information content (AvgIpc) is 2.40. The van der Waals surface area contributed by atoms with Crippen molar-refractivity contribution in [3.63, 3.8) is 0 Å². The molecule has 3 nitrogen and oxygen atoms in total. The zero-order chi connectivity index (χ0) is 13.0. The number of aryl methyl sites for hydroxylation is 1. The van der Waals surface area contributed by atoms with Gasteiger partial charge in [0.25, 0.3) is 0 Å². The van der Waals surface area contributed by atoms with Gasteiger partial charge in [-0.15, -0.1) is 0 Å². The summed E-state index contributed by atoms with van der Waals surface area (Å²) in [6, 6.07) is 0.859. The van der Waals surface area contributed by atoms with Crippen LogP contribution in [0.2, 0.25) is 0 Å². The van der Waals surface area contributed by atoms with Crippen LogP contribution >= 0.6 is 0 Å². The van der Waals surface area contributed by atoms with E-state index in [9.17, 15) is 0 Å². The second kappa shape index (κ2) is 6.28. The summed E-state index contributed by atoms with van der Waals surface area (Å²) in [5.74, 6) is 0.832. The lowest BCUT2D eigenvalue weighted by Crippen LogP contribution is -2.36. The summed E-state index contributed by atoms with van der Waals surface area (Å²) in [6.45, 7) is 6.54. The second-order valence-corrected chi connectivity index (χ2v) is 5.60. The lowest BCUT2D eigenvalue weighted by Gasteiger charge is -2.30. The first kappa shape index (κ1) is 13.5. The summed E-state index contributed by atoms with van der Waals surface area (Å²) in [7, 11) is 0. The highest BCUT2D eigenvalue weighted by molar-refractivity contribution is 5.12. The van der Waals surface area contributed by atoms with E-state index in [0.29, 0.717) is 6.04 Å². The Bertz CT molecular complexity index is 372. The minimum absolute atomic E-state index is 0.288. The van der Waals surface area contributed by atoms with Crippen LogP contribution in [0.1, 0.15) is 63.4 Å². The zero-order valence-electron chi connectivity index (χ0n) is 11.8. The molecule has 2 rings (SSSR count). The first-order valence-electron chi connectivity index (χ1n) is 7.22. The highest BCUT2D eigenvalue weighted by atomic mass is 15.0. The molecule has 1 unspecified atom stereocenters. The topological polar surface area (TPSA) is 37.8 Å². The van der Waals surface area contributed by atoms with E-state index in [1.54, 1.807) is 12.4 Å². The van der Waals surface area contributed by atoms with Crippen LogP contribution < -0.4 is 5.32 Å². The van der Waals surface area contributed by atoms with Crippen molar-refractivity contribution in [3.8, 4) is 0 Å². The third-order valence-corrected chi connectivity index (χ3v) is 4.20.